The third-order valence-corrected chi connectivity index (χ3v) is 0.908. The summed E-state index contributed by atoms with van der Waals surface area (Å²) in [4.78, 5) is 30.3. The van der Waals surface area contributed by atoms with Gasteiger partial charge in [-0.3, -0.25) is 0 Å². The Kier molecular flexibility index (Phi) is 35.1. The van der Waals surface area contributed by atoms with E-state index in [-0.39, 0.29) is 0 Å². The topological polar surface area (TPSA) is 120 Å². The molecular weight excluding hydrogens is 371 g/mol. The summed E-state index contributed by atoms with van der Waals surface area (Å²) in [7, 11) is 0. The Morgan fingerprint density at radius 3 is 0.800 bits per heavy atom. The molecule has 0 amide bonds. The van der Waals surface area contributed by atoms with E-state index in [1.807, 2.05) is 0 Å². The van der Waals surface area contributed by atoms with Crippen LogP contribution in [-0.4, -0.2) is 40.4 Å². The van der Waals surface area contributed by atoms with Gasteiger partial charge in [0, 0.05) is 0 Å². The van der Waals surface area contributed by atoms with Crippen LogP contribution < -0.4 is 15.3 Å². The molecule has 0 atom stereocenters. The molecule has 110 valence electrons. The van der Waals surface area contributed by atoms with Crippen molar-refractivity contribution in [3.05, 3.63) is 36.5 Å². The summed E-state index contributed by atoms with van der Waals surface area (Å²) in [6.07, 6.45) is 7.15. The minimum atomic E-state index is -1.14. The first-order valence-electron chi connectivity index (χ1n) is 5.32. The molecule has 0 rings (SSSR count). The van der Waals surface area contributed by atoms with Crippen LogP contribution in [0.25, 0.3) is 0 Å². The van der Waals surface area contributed by atoms with Crippen molar-refractivity contribution < 1.29 is 29.7 Å². The van der Waals surface area contributed by atoms with Gasteiger partial charge in [-0.05, 0) is 39.0 Å². The van der Waals surface area contributed by atoms with Crippen molar-refractivity contribution in [2.75, 3.05) is 0 Å². The molecule has 0 aliphatic rings. The van der Waals surface area contributed by atoms with Crippen molar-refractivity contribution in [3.8, 4) is 0 Å². The molecule has 0 saturated carbocycles. The molecule has 7 heteroatoms. The minimum absolute atomic E-state index is 0.972. The standard InChI is InChI=1S/3C4H6O2.CH3.Sn/c3*1-2-3-4(5)6;;/h3*2-3H,1H3,(H,5,6);1H3;/q;;;;+3/p-3/b3*3-2+;;. The summed E-state index contributed by atoms with van der Waals surface area (Å²) >= 11 is 1.55. The van der Waals surface area contributed by atoms with Crippen LogP contribution in [0.4, 0.5) is 0 Å². The van der Waals surface area contributed by atoms with Crippen molar-refractivity contribution in [1.82, 2.24) is 0 Å². The van der Waals surface area contributed by atoms with Crippen molar-refractivity contribution in [3.63, 3.8) is 0 Å². The van der Waals surface area contributed by atoms with E-state index < -0.39 is 17.9 Å². The second-order valence-electron chi connectivity index (χ2n) is 2.46. The molecule has 0 unspecified atom stereocenters. The van der Waals surface area contributed by atoms with Crippen LogP contribution in [0.3, 0.4) is 0 Å². The van der Waals surface area contributed by atoms with E-state index in [9.17, 15) is 29.7 Å². The predicted molar refractivity (Wildman–Crippen MR) is 71.1 cm³/mol. The monoisotopic (exact) mass is 390 g/mol. The predicted octanol–water partition coefficient (Wildman–Crippen LogP) is -1.86. The van der Waals surface area contributed by atoms with E-state index in [0.717, 1.165) is 18.2 Å². The van der Waals surface area contributed by atoms with E-state index >= 15 is 0 Å². The molecule has 0 radical (unpaired) electrons. The van der Waals surface area contributed by atoms with Crippen molar-refractivity contribution >= 4 is 40.4 Å². The molecule has 0 heterocycles. The van der Waals surface area contributed by atoms with Gasteiger partial charge in [0.25, 0.3) is 0 Å². The number of carboxylic acids is 3. The molecule has 0 aliphatic heterocycles. The first-order valence-corrected chi connectivity index (χ1v) is 8.18. The molecule has 0 aromatic carbocycles. The maximum absolute atomic E-state index is 9.40. The number of allylic oxidation sites excluding steroid dienone is 3. The van der Waals surface area contributed by atoms with Crippen molar-refractivity contribution in [2.24, 2.45) is 0 Å². The molecule has 0 bridgehead atoms. The molecular formula is C13H18O6Sn. The third-order valence-electron chi connectivity index (χ3n) is 0.908. The van der Waals surface area contributed by atoms with Gasteiger partial charge in [0.2, 0.25) is 0 Å². The molecule has 6 nitrogen and oxygen atoms in total. The second kappa shape index (κ2) is 26.1. The first kappa shape index (κ1) is 26.9. The molecule has 0 spiro atoms. The number of hydrogen-bond donors (Lipinski definition) is 0. The molecule has 20 heavy (non-hydrogen) atoms. The van der Waals surface area contributed by atoms with Gasteiger partial charge >= 0.3 is 27.5 Å². The van der Waals surface area contributed by atoms with Gasteiger partial charge in [-0.2, -0.15) is 0 Å². The molecule has 0 aromatic rings. The van der Waals surface area contributed by atoms with Crippen LogP contribution in [0, 0.1) is 0 Å². The number of carbonyl (C=O) groups is 3. The van der Waals surface area contributed by atoms with E-state index in [2.05, 4.69) is 4.94 Å². The zero-order valence-electron chi connectivity index (χ0n) is 11.9. The number of carboxylic acid groups (broad SMARTS) is 3. The van der Waals surface area contributed by atoms with Gasteiger partial charge in [-0.1, -0.05) is 18.2 Å². The van der Waals surface area contributed by atoms with Crippen molar-refractivity contribution in [2.45, 2.75) is 25.7 Å². The van der Waals surface area contributed by atoms with Crippen LogP contribution in [0.5, 0.6) is 0 Å². The van der Waals surface area contributed by atoms with E-state index in [4.69, 9.17) is 0 Å². The second-order valence-corrected chi connectivity index (χ2v) is 2.46. The zero-order valence-corrected chi connectivity index (χ0v) is 14.8. The quantitative estimate of drug-likeness (QED) is 0.413. The number of carbonyl (C=O) groups excluding carboxylic acids is 3. The Hall–Kier alpha value is -1.57. The Labute approximate surface area is 132 Å². The van der Waals surface area contributed by atoms with Gasteiger partial charge in [0.05, 0.1) is 17.9 Å². The number of aliphatic carboxylic acids is 3. The number of rotatable bonds is 3. The molecule has 0 fully saturated rings. The van der Waals surface area contributed by atoms with Gasteiger partial charge in [-0.25, -0.2) is 0 Å². The zero-order chi connectivity index (χ0) is 17.0. The first-order chi connectivity index (χ1) is 9.31. The Morgan fingerprint density at radius 1 is 0.650 bits per heavy atom. The fourth-order valence-corrected chi connectivity index (χ4v) is 0.408. The SMILES string of the molecule is C/C=C/C(=O)[O-].C/C=C/C(=O)[O-].C/C=C/C(=O)[O-].[CH3][Sn+3]. The maximum atomic E-state index is 9.40. The average molecular weight is 389 g/mol. The van der Waals surface area contributed by atoms with Gasteiger partial charge in [0.15, 0.2) is 0 Å². The Balaban J connectivity index is -0.0000000902. The van der Waals surface area contributed by atoms with Gasteiger partial charge in [0.1, 0.15) is 0 Å². The fraction of sp³-hybridized carbons (Fsp3) is 0.308. The van der Waals surface area contributed by atoms with Crippen LogP contribution >= 0.6 is 0 Å². The molecule has 0 saturated heterocycles. The summed E-state index contributed by atoms with van der Waals surface area (Å²) in [5.41, 5.74) is 0. The Bertz CT molecular complexity index is 279. The van der Waals surface area contributed by atoms with Crippen LogP contribution in [0.15, 0.2) is 36.5 Å². The summed E-state index contributed by atoms with van der Waals surface area (Å²) < 4.78 is 0. The van der Waals surface area contributed by atoms with E-state index in [0.29, 0.717) is 0 Å². The molecule has 0 aliphatic carbocycles. The van der Waals surface area contributed by atoms with Gasteiger partial charge < -0.3 is 29.7 Å². The summed E-state index contributed by atoms with van der Waals surface area (Å²) in [5, 5.41) is 28.2. The van der Waals surface area contributed by atoms with Crippen molar-refractivity contribution in [1.29, 1.82) is 0 Å². The van der Waals surface area contributed by atoms with Crippen LogP contribution in [0.1, 0.15) is 20.8 Å². The fourth-order valence-electron chi connectivity index (χ4n) is 0.408. The molecule has 0 aromatic heterocycles. The molecule has 0 N–H and O–H groups in total. The normalized spacial score (nSPS) is 8.90. The summed E-state index contributed by atoms with van der Waals surface area (Å²) in [5.74, 6) is -3.42. The number of hydrogen-bond acceptors (Lipinski definition) is 6. The van der Waals surface area contributed by atoms with Crippen LogP contribution in [-0.2, 0) is 14.4 Å². The summed E-state index contributed by atoms with van der Waals surface area (Å²) in [6, 6.07) is 0. The van der Waals surface area contributed by atoms with Crippen LogP contribution in [0.2, 0.25) is 4.94 Å². The average Bonchev–Trinajstić information content (AvgIpc) is 2.32. The summed E-state index contributed by atoms with van der Waals surface area (Å²) in [6.45, 7) is 4.86. The van der Waals surface area contributed by atoms with E-state index in [1.165, 1.54) is 18.2 Å². The van der Waals surface area contributed by atoms with E-state index in [1.54, 1.807) is 43.3 Å². The van der Waals surface area contributed by atoms with Gasteiger partial charge in [-0.15, -0.1) is 0 Å². The third kappa shape index (κ3) is 70.9. The Morgan fingerprint density at radius 2 is 0.800 bits per heavy atom.